The average Bonchev–Trinajstić information content (AvgIpc) is 3.19. The number of imidazole rings is 2. The molecule has 2 heterocycles. The third kappa shape index (κ3) is 3.30. The van der Waals surface area contributed by atoms with E-state index in [1.165, 1.54) is 0 Å². The van der Waals surface area contributed by atoms with Gasteiger partial charge in [-0.2, -0.15) is 0 Å². The van der Waals surface area contributed by atoms with Crippen LogP contribution in [0.3, 0.4) is 0 Å². The fraction of sp³-hybridized carbons (Fsp3) is 0.286. The first-order valence-electron chi connectivity index (χ1n) is 9.27. The summed E-state index contributed by atoms with van der Waals surface area (Å²) >= 11 is 0. The normalized spacial score (nSPS) is 11.4. The van der Waals surface area contributed by atoms with Gasteiger partial charge in [-0.05, 0) is 30.7 Å². The van der Waals surface area contributed by atoms with Crippen LogP contribution >= 0.6 is 0 Å². The van der Waals surface area contributed by atoms with E-state index in [2.05, 4.69) is 17.6 Å². The molecule has 0 spiro atoms. The van der Waals surface area contributed by atoms with Crippen molar-refractivity contribution in [3.05, 3.63) is 60.2 Å². The Kier molecular flexibility index (Phi) is 4.62. The van der Waals surface area contributed by atoms with Gasteiger partial charge in [-0.1, -0.05) is 37.6 Å². The molecule has 0 bridgehead atoms. The Bertz CT molecular complexity index is 1110. The van der Waals surface area contributed by atoms with Gasteiger partial charge in [0.2, 0.25) is 0 Å². The topological polar surface area (TPSA) is 72.9 Å². The molecule has 0 aliphatic carbocycles. The van der Waals surface area contributed by atoms with Crippen LogP contribution in [0.1, 0.15) is 31.4 Å². The summed E-state index contributed by atoms with van der Waals surface area (Å²) in [5.74, 6) is 0.882. The molecule has 6 heteroatoms. The number of fused-ring (bicyclic) bond motifs is 2. The van der Waals surface area contributed by atoms with Crippen LogP contribution in [0.2, 0.25) is 0 Å². The minimum atomic E-state index is -0.874. The molecule has 1 N–H and O–H groups in total. The Labute approximate surface area is 157 Å². The number of aromatic nitrogens is 4. The number of aliphatic carboxylic acids is 1. The molecule has 0 saturated heterocycles. The second kappa shape index (κ2) is 7.23. The van der Waals surface area contributed by atoms with Gasteiger partial charge in [-0.25, -0.2) is 9.97 Å². The molecule has 4 aromatic rings. The number of unbranched alkanes of at least 4 members (excludes halogenated alkanes) is 1. The number of carbonyl (C=O) groups is 1. The molecule has 2 aromatic heterocycles. The number of benzene rings is 2. The van der Waals surface area contributed by atoms with Gasteiger partial charge in [0.25, 0.3) is 0 Å². The SMILES string of the molecule is CCCCc1nc2ccccc2n1Cc1nc2ccccc2n1CC(=O)O. The van der Waals surface area contributed by atoms with Crippen molar-refractivity contribution < 1.29 is 9.90 Å². The number of carboxylic acids is 1. The Morgan fingerprint density at radius 3 is 2.15 bits per heavy atom. The standard InChI is InChI=1S/C21H22N4O2/c1-2-3-12-19-22-15-8-4-6-10-17(15)24(19)13-20-23-16-9-5-7-11-18(16)25(20)14-21(26)27/h4-11H,2-3,12-14H2,1H3,(H,26,27). The molecule has 0 radical (unpaired) electrons. The lowest BCUT2D eigenvalue weighted by atomic mass is 10.2. The highest BCUT2D eigenvalue weighted by Crippen LogP contribution is 2.22. The van der Waals surface area contributed by atoms with Crippen LogP contribution in [0, 0.1) is 0 Å². The molecular formula is C21H22N4O2. The lowest BCUT2D eigenvalue weighted by Gasteiger charge is -2.11. The summed E-state index contributed by atoms with van der Waals surface area (Å²) in [7, 11) is 0. The first kappa shape index (κ1) is 17.3. The van der Waals surface area contributed by atoms with Crippen LogP contribution in [-0.2, 0) is 24.3 Å². The predicted octanol–water partition coefficient (Wildman–Crippen LogP) is 3.86. The number of carboxylic acid groups (broad SMARTS) is 1. The third-order valence-electron chi connectivity index (χ3n) is 4.81. The third-order valence-corrected chi connectivity index (χ3v) is 4.81. The van der Waals surface area contributed by atoms with Crippen molar-refractivity contribution in [1.82, 2.24) is 19.1 Å². The number of rotatable bonds is 7. The molecule has 0 saturated carbocycles. The molecular weight excluding hydrogens is 340 g/mol. The Morgan fingerprint density at radius 2 is 1.52 bits per heavy atom. The lowest BCUT2D eigenvalue weighted by Crippen LogP contribution is -2.15. The van der Waals surface area contributed by atoms with Crippen LogP contribution < -0.4 is 0 Å². The Hall–Kier alpha value is -3.15. The molecule has 0 unspecified atom stereocenters. The number of hydrogen-bond donors (Lipinski definition) is 1. The van der Waals surface area contributed by atoms with Crippen molar-refractivity contribution in [2.24, 2.45) is 0 Å². The van der Waals surface area contributed by atoms with Gasteiger partial charge in [-0.15, -0.1) is 0 Å². The van der Waals surface area contributed by atoms with Crippen LogP contribution in [0.5, 0.6) is 0 Å². The largest absolute Gasteiger partial charge is 0.480 e. The fourth-order valence-electron chi connectivity index (χ4n) is 3.53. The zero-order chi connectivity index (χ0) is 18.8. The second-order valence-electron chi connectivity index (χ2n) is 6.70. The average molecular weight is 362 g/mol. The van der Waals surface area contributed by atoms with Crippen molar-refractivity contribution in [3.63, 3.8) is 0 Å². The van der Waals surface area contributed by atoms with Gasteiger partial charge in [0.05, 0.1) is 28.6 Å². The van der Waals surface area contributed by atoms with Crippen LogP contribution in [0.25, 0.3) is 22.1 Å². The van der Waals surface area contributed by atoms with Crippen LogP contribution in [0.4, 0.5) is 0 Å². The number of nitrogens with zero attached hydrogens (tertiary/aromatic N) is 4. The highest BCUT2D eigenvalue weighted by Gasteiger charge is 2.17. The van der Waals surface area contributed by atoms with E-state index in [1.54, 1.807) is 4.57 Å². The first-order chi connectivity index (χ1) is 13.2. The molecule has 27 heavy (non-hydrogen) atoms. The molecule has 4 rings (SSSR count). The van der Waals surface area contributed by atoms with E-state index >= 15 is 0 Å². The number of hydrogen-bond acceptors (Lipinski definition) is 3. The maximum absolute atomic E-state index is 11.4. The minimum absolute atomic E-state index is 0.104. The van der Waals surface area contributed by atoms with E-state index in [0.717, 1.165) is 53.0 Å². The summed E-state index contributed by atoms with van der Waals surface area (Å²) in [5.41, 5.74) is 3.67. The summed E-state index contributed by atoms with van der Waals surface area (Å²) in [5, 5.41) is 9.37. The van der Waals surface area contributed by atoms with Crippen molar-refractivity contribution in [3.8, 4) is 0 Å². The quantitative estimate of drug-likeness (QED) is 0.542. The van der Waals surface area contributed by atoms with Crippen molar-refractivity contribution >= 4 is 28.0 Å². The van der Waals surface area contributed by atoms with E-state index in [1.807, 2.05) is 42.5 Å². The first-order valence-corrected chi connectivity index (χ1v) is 9.27. The van der Waals surface area contributed by atoms with Gasteiger partial charge in [-0.3, -0.25) is 4.79 Å². The van der Waals surface area contributed by atoms with E-state index in [0.29, 0.717) is 6.54 Å². The van der Waals surface area contributed by atoms with E-state index < -0.39 is 5.97 Å². The summed E-state index contributed by atoms with van der Waals surface area (Å²) in [4.78, 5) is 20.9. The molecule has 0 amide bonds. The monoisotopic (exact) mass is 362 g/mol. The molecule has 0 atom stereocenters. The molecule has 0 aliphatic rings. The van der Waals surface area contributed by atoms with Crippen molar-refractivity contribution in [1.29, 1.82) is 0 Å². The summed E-state index contributed by atoms with van der Waals surface area (Å²) < 4.78 is 3.96. The zero-order valence-electron chi connectivity index (χ0n) is 15.3. The number of para-hydroxylation sites is 4. The van der Waals surface area contributed by atoms with Crippen molar-refractivity contribution in [2.45, 2.75) is 39.3 Å². The molecule has 0 fully saturated rings. The van der Waals surface area contributed by atoms with Gasteiger partial charge in [0.15, 0.2) is 0 Å². The highest BCUT2D eigenvalue weighted by molar-refractivity contribution is 5.79. The molecule has 138 valence electrons. The van der Waals surface area contributed by atoms with E-state index in [-0.39, 0.29) is 6.54 Å². The zero-order valence-corrected chi connectivity index (χ0v) is 15.3. The van der Waals surface area contributed by atoms with Gasteiger partial charge >= 0.3 is 5.97 Å². The van der Waals surface area contributed by atoms with Gasteiger partial charge < -0.3 is 14.2 Å². The highest BCUT2D eigenvalue weighted by atomic mass is 16.4. The maximum atomic E-state index is 11.4. The van der Waals surface area contributed by atoms with Crippen LogP contribution in [-0.4, -0.2) is 30.2 Å². The van der Waals surface area contributed by atoms with Gasteiger partial charge in [0.1, 0.15) is 18.2 Å². The van der Waals surface area contributed by atoms with Gasteiger partial charge in [0, 0.05) is 6.42 Å². The smallest absolute Gasteiger partial charge is 0.323 e. The van der Waals surface area contributed by atoms with Crippen molar-refractivity contribution in [2.75, 3.05) is 0 Å². The molecule has 2 aromatic carbocycles. The molecule has 6 nitrogen and oxygen atoms in total. The maximum Gasteiger partial charge on any atom is 0.323 e. The van der Waals surface area contributed by atoms with Crippen LogP contribution in [0.15, 0.2) is 48.5 Å². The second-order valence-corrected chi connectivity index (χ2v) is 6.70. The Balaban J connectivity index is 1.83. The van der Waals surface area contributed by atoms with E-state index in [9.17, 15) is 9.90 Å². The minimum Gasteiger partial charge on any atom is -0.480 e. The molecule has 0 aliphatic heterocycles. The predicted molar refractivity (Wildman–Crippen MR) is 105 cm³/mol. The summed E-state index contributed by atoms with van der Waals surface area (Å²) in [6, 6.07) is 15.7. The lowest BCUT2D eigenvalue weighted by molar-refractivity contribution is -0.137. The summed E-state index contributed by atoms with van der Waals surface area (Å²) in [6.45, 7) is 2.56. The van der Waals surface area contributed by atoms with E-state index in [4.69, 9.17) is 9.97 Å². The number of aryl methyl sites for hydroxylation is 1. The Morgan fingerprint density at radius 1 is 0.926 bits per heavy atom. The summed E-state index contributed by atoms with van der Waals surface area (Å²) in [6.07, 6.45) is 3.06. The fourth-order valence-corrected chi connectivity index (χ4v) is 3.53.